The van der Waals surface area contributed by atoms with Crippen molar-refractivity contribution in [3.05, 3.63) is 65.5 Å². The summed E-state index contributed by atoms with van der Waals surface area (Å²) >= 11 is 1.27. The molecule has 0 spiro atoms. The molecular weight excluding hydrogens is 328 g/mol. The average Bonchev–Trinajstić information content (AvgIpc) is 2.99. The van der Waals surface area contributed by atoms with E-state index >= 15 is 0 Å². The summed E-state index contributed by atoms with van der Waals surface area (Å²) in [6.07, 6.45) is 4.65. The zero-order valence-corrected chi connectivity index (χ0v) is 13.3. The second-order valence-corrected chi connectivity index (χ2v) is 5.62. The lowest BCUT2D eigenvalue weighted by atomic mass is 10.3. The van der Waals surface area contributed by atoms with Crippen LogP contribution < -0.4 is 0 Å². The second-order valence-electron chi connectivity index (χ2n) is 4.63. The molecule has 3 rings (SSSR count). The topological polar surface area (TPSA) is 99.6 Å². The van der Waals surface area contributed by atoms with Crippen molar-refractivity contribution in [1.29, 1.82) is 0 Å². The monoisotopic (exact) mass is 340 g/mol. The van der Waals surface area contributed by atoms with Crippen molar-refractivity contribution in [1.82, 2.24) is 24.7 Å². The van der Waals surface area contributed by atoms with E-state index in [4.69, 9.17) is 0 Å². The summed E-state index contributed by atoms with van der Waals surface area (Å²) in [6.45, 7) is 4.26. The Morgan fingerprint density at radius 1 is 1.25 bits per heavy atom. The zero-order chi connectivity index (χ0) is 16.9. The van der Waals surface area contributed by atoms with Gasteiger partial charge in [-0.25, -0.2) is 4.98 Å². The molecule has 0 amide bonds. The fourth-order valence-corrected chi connectivity index (χ4v) is 2.76. The van der Waals surface area contributed by atoms with Crippen molar-refractivity contribution < 1.29 is 4.92 Å². The molecule has 0 N–H and O–H groups in total. The smallest absolute Gasteiger partial charge is 0.287 e. The van der Waals surface area contributed by atoms with Crippen LogP contribution in [-0.4, -0.2) is 29.7 Å². The number of rotatable bonds is 6. The molecule has 0 saturated carbocycles. The molecule has 0 fully saturated rings. The number of nitro groups is 1. The molecule has 120 valence electrons. The van der Waals surface area contributed by atoms with Gasteiger partial charge >= 0.3 is 0 Å². The first-order valence-electron chi connectivity index (χ1n) is 6.93. The third-order valence-electron chi connectivity index (χ3n) is 3.05. The molecule has 0 bridgehead atoms. The van der Waals surface area contributed by atoms with Gasteiger partial charge in [0.05, 0.1) is 4.92 Å². The summed E-state index contributed by atoms with van der Waals surface area (Å²) in [5.74, 6) is 0.625. The first-order valence-corrected chi connectivity index (χ1v) is 7.74. The quantitative estimate of drug-likeness (QED) is 0.386. The Bertz CT molecular complexity index is 863. The summed E-state index contributed by atoms with van der Waals surface area (Å²) in [7, 11) is 0. The third kappa shape index (κ3) is 3.30. The maximum absolute atomic E-state index is 10.7. The van der Waals surface area contributed by atoms with Gasteiger partial charge in [-0.1, -0.05) is 12.1 Å². The van der Waals surface area contributed by atoms with Gasteiger partial charge in [0, 0.05) is 18.8 Å². The van der Waals surface area contributed by atoms with Crippen LogP contribution in [0.15, 0.2) is 65.6 Å². The van der Waals surface area contributed by atoms with E-state index in [1.54, 1.807) is 18.3 Å². The van der Waals surface area contributed by atoms with Crippen LogP contribution in [0.5, 0.6) is 0 Å². The highest BCUT2D eigenvalue weighted by atomic mass is 32.2. The fourth-order valence-electron chi connectivity index (χ4n) is 1.98. The van der Waals surface area contributed by atoms with Crippen LogP contribution in [0.4, 0.5) is 5.69 Å². The third-order valence-corrected chi connectivity index (χ3v) is 3.99. The molecule has 0 aliphatic carbocycles. The summed E-state index contributed by atoms with van der Waals surface area (Å²) in [5, 5.41) is 20.3. The van der Waals surface area contributed by atoms with E-state index in [1.165, 1.54) is 24.0 Å². The Balaban J connectivity index is 1.92. The van der Waals surface area contributed by atoms with Crippen LogP contribution in [-0.2, 0) is 6.54 Å². The highest BCUT2D eigenvalue weighted by molar-refractivity contribution is 7.99. The number of hydrogen-bond acceptors (Lipinski definition) is 7. The van der Waals surface area contributed by atoms with Crippen LogP contribution in [0.25, 0.3) is 11.5 Å². The largest absolute Gasteiger partial charge is 0.297 e. The number of nitrogens with zero attached hydrogens (tertiary/aromatic N) is 6. The van der Waals surface area contributed by atoms with Crippen molar-refractivity contribution >= 4 is 17.4 Å². The molecule has 0 aliphatic heterocycles. The Labute approximate surface area is 141 Å². The van der Waals surface area contributed by atoms with E-state index in [2.05, 4.69) is 26.7 Å². The van der Waals surface area contributed by atoms with Gasteiger partial charge in [0.2, 0.25) is 0 Å². The Hall–Kier alpha value is -3.07. The molecular formula is C15H12N6O2S. The standard InChI is InChI=1S/C15H12N6O2S/c1-2-9-20-14(12-5-3-4-8-16-12)18-19-15(20)24-13-7-6-11(10-17-13)21(22)23/h2-8,10H,1,9H2. The zero-order valence-electron chi connectivity index (χ0n) is 12.4. The van der Waals surface area contributed by atoms with Crippen molar-refractivity contribution in [2.75, 3.05) is 0 Å². The summed E-state index contributed by atoms with van der Waals surface area (Å²) in [6, 6.07) is 8.54. The van der Waals surface area contributed by atoms with Crippen LogP contribution in [0.3, 0.4) is 0 Å². The van der Waals surface area contributed by atoms with Crippen LogP contribution in [0, 0.1) is 10.1 Å². The normalized spacial score (nSPS) is 10.5. The Kier molecular flexibility index (Phi) is 4.62. The van der Waals surface area contributed by atoms with Crippen molar-refractivity contribution in [2.24, 2.45) is 0 Å². The number of aromatic nitrogens is 5. The molecule has 0 unspecified atom stereocenters. The summed E-state index contributed by atoms with van der Waals surface area (Å²) < 4.78 is 1.86. The molecule has 3 aromatic heterocycles. The molecule has 9 heteroatoms. The van der Waals surface area contributed by atoms with Crippen LogP contribution in [0.2, 0.25) is 0 Å². The predicted octanol–water partition coefficient (Wildman–Crippen LogP) is 2.98. The van der Waals surface area contributed by atoms with Gasteiger partial charge in [-0.05, 0) is 30.0 Å². The fraction of sp³-hybridized carbons (Fsp3) is 0.0667. The van der Waals surface area contributed by atoms with E-state index in [9.17, 15) is 10.1 Å². The lowest BCUT2D eigenvalue weighted by molar-refractivity contribution is -0.385. The SMILES string of the molecule is C=CCn1c(Sc2ccc([N+](=O)[O-])cn2)nnc1-c1ccccn1. The van der Waals surface area contributed by atoms with Crippen LogP contribution >= 0.6 is 11.8 Å². The highest BCUT2D eigenvalue weighted by Crippen LogP contribution is 2.28. The molecule has 0 aromatic carbocycles. The maximum atomic E-state index is 10.7. The van der Waals surface area contributed by atoms with E-state index in [1.807, 2.05) is 22.8 Å². The molecule has 24 heavy (non-hydrogen) atoms. The van der Waals surface area contributed by atoms with Crippen LogP contribution in [0.1, 0.15) is 0 Å². The highest BCUT2D eigenvalue weighted by Gasteiger charge is 2.16. The first-order chi connectivity index (χ1) is 11.7. The van der Waals surface area contributed by atoms with Crippen molar-refractivity contribution in [2.45, 2.75) is 16.7 Å². The minimum Gasteiger partial charge on any atom is -0.297 e. The summed E-state index contributed by atoms with van der Waals surface area (Å²) in [5.41, 5.74) is 0.649. The van der Waals surface area contributed by atoms with Gasteiger partial charge in [-0.15, -0.1) is 16.8 Å². The van der Waals surface area contributed by atoms with E-state index in [0.29, 0.717) is 28.2 Å². The minimum absolute atomic E-state index is 0.0546. The van der Waals surface area contributed by atoms with E-state index < -0.39 is 4.92 Å². The average molecular weight is 340 g/mol. The van der Waals surface area contributed by atoms with Gasteiger partial charge in [0.25, 0.3) is 5.69 Å². The molecule has 3 aromatic rings. The van der Waals surface area contributed by atoms with Gasteiger partial charge < -0.3 is 0 Å². The minimum atomic E-state index is -0.485. The lowest BCUT2D eigenvalue weighted by Gasteiger charge is -2.06. The van der Waals surface area contributed by atoms with Crippen molar-refractivity contribution in [3.63, 3.8) is 0 Å². The Morgan fingerprint density at radius 2 is 2.12 bits per heavy atom. The predicted molar refractivity (Wildman–Crippen MR) is 88.5 cm³/mol. The van der Waals surface area contributed by atoms with Gasteiger partial charge in [-0.3, -0.25) is 19.7 Å². The molecule has 3 heterocycles. The molecule has 0 saturated heterocycles. The van der Waals surface area contributed by atoms with Gasteiger partial charge in [0.1, 0.15) is 16.9 Å². The van der Waals surface area contributed by atoms with E-state index in [-0.39, 0.29) is 5.69 Å². The molecule has 0 radical (unpaired) electrons. The lowest BCUT2D eigenvalue weighted by Crippen LogP contribution is -2.01. The van der Waals surface area contributed by atoms with E-state index in [0.717, 1.165) is 0 Å². The van der Waals surface area contributed by atoms with Gasteiger partial charge in [0.15, 0.2) is 11.0 Å². The molecule has 8 nitrogen and oxygen atoms in total. The number of hydrogen-bond donors (Lipinski definition) is 0. The van der Waals surface area contributed by atoms with Gasteiger partial charge in [-0.2, -0.15) is 0 Å². The van der Waals surface area contributed by atoms with Crippen molar-refractivity contribution in [3.8, 4) is 11.5 Å². The maximum Gasteiger partial charge on any atom is 0.287 e. The molecule has 0 aliphatic rings. The number of allylic oxidation sites excluding steroid dienone is 1. The summed E-state index contributed by atoms with van der Waals surface area (Å²) in [4.78, 5) is 18.6. The number of pyridine rings is 2. The molecule has 0 atom stereocenters. The Morgan fingerprint density at radius 3 is 2.75 bits per heavy atom. The first kappa shape index (κ1) is 15.8. The second kappa shape index (κ2) is 7.01.